The van der Waals surface area contributed by atoms with Crippen molar-refractivity contribution in [3.63, 3.8) is 0 Å². The molecule has 0 aliphatic rings. The number of thiazole rings is 1. The van der Waals surface area contributed by atoms with Crippen LogP contribution in [-0.2, 0) is 4.79 Å². The highest BCUT2D eigenvalue weighted by Crippen LogP contribution is 2.31. The average molecular weight is 360 g/mol. The highest BCUT2D eigenvalue weighted by molar-refractivity contribution is 7.19. The van der Waals surface area contributed by atoms with Crippen molar-refractivity contribution < 1.29 is 9.53 Å². The van der Waals surface area contributed by atoms with Gasteiger partial charge in [-0.1, -0.05) is 29.0 Å². The van der Waals surface area contributed by atoms with Crippen LogP contribution in [0.4, 0.5) is 5.13 Å². The van der Waals surface area contributed by atoms with Crippen molar-refractivity contribution in [2.45, 2.75) is 6.92 Å². The molecule has 5 nitrogen and oxygen atoms in total. The van der Waals surface area contributed by atoms with Crippen LogP contribution >= 0.6 is 22.9 Å². The third-order valence-corrected chi connectivity index (χ3v) is 4.47. The van der Waals surface area contributed by atoms with Crippen molar-refractivity contribution in [3.8, 4) is 16.3 Å². The van der Waals surface area contributed by atoms with Gasteiger partial charge in [0.05, 0.1) is 16.3 Å². The molecule has 0 radical (unpaired) electrons. The summed E-state index contributed by atoms with van der Waals surface area (Å²) in [7, 11) is 0. The lowest BCUT2D eigenvalue weighted by Gasteiger charge is -2.05. The maximum absolute atomic E-state index is 12.0. The average Bonchev–Trinajstić information content (AvgIpc) is 2.95. The number of hydrogen-bond acceptors (Lipinski definition) is 5. The number of anilines is 1. The van der Waals surface area contributed by atoms with Crippen molar-refractivity contribution in [2.75, 3.05) is 11.9 Å². The zero-order chi connectivity index (χ0) is 16.9. The number of carbonyl (C=O) groups excluding carboxylic acids is 1. The van der Waals surface area contributed by atoms with Gasteiger partial charge in [-0.2, -0.15) is 0 Å². The lowest BCUT2D eigenvalue weighted by Crippen LogP contribution is -2.20. The van der Waals surface area contributed by atoms with E-state index < -0.39 is 0 Å². The Morgan fingerprint density at radius 3 is 2.75 bits per heavy atom. The van der Waals surface area contributed by atoms with Gasteiger partial charge in [-0.25, -0.2) is 4.98 Å². The normalized spacial score (nSPS) is 10.4. The van der Waals surface area contributed by atoms with Crippen LogP contribution < -0.4 is 10.1 Å². The predicted octanol–water partition coefficient (Wildman–Crippen LogP) is 4.18. The Labute approximate surface area is 148 Å². The Bertz CT molecular complexity index is 835. The van der Waals surface area contributed by atoms with Crippen molar-refractivity contribution in [1.82, 2.24) is 9.97 Å². The van der Waals surface area contributed by atoms with Crippen molar-refractivity contribution >= 4 is 34.0 Å². The van der Waals surface area contributed by atoms with Crippen LogP contribution in [0.5, 0.6) is 5.75 Å². The first-order valence-corrected chi connectivity index (χ1v) is 8.38. The summed E-state index contributed by atoms with van der Waals surface area (Å²) in [6.07, 6.45) is 1.73. The monoisotopic (exact) mass is 359 g/mol. The van der Waals surface area contributed by atoms with Crippen LogP contribution in [0.25, 0.3) is 10.6 Å². The minimum absolute atomic E-state index is 0.0980. The molecule has 0 fully saturated rings. The Hall–Kier alpha value is -2.44. The molecule has 0 aliphatic carbocycles. The second kappa shape index (κ2) is 7.42. The lowest BCUT2D eigenvalue weighted by atomic mass is 10.3. The number of rotatable bonds is 5. The third-order valence-electron chi connectivity index (χ3n) is 3.12. The molecule has 0 bridgehead atoms. The highest BCUT2D eigenvalue weighted by Gasteiger charge is 2.13. The summed E-state index contributed by atoms with van der Waals surface area (Å²) < 4.78 is 5.41. The molecule has 122 valence electrons. The standard InChI is InChI=1S/C17H14ClN3O2S/c1-11-16(14-4-2-3-9-19-14)24-17(20-11)21-15(22)10-23-13-7-5-12(18)6-8-13/h2-9H,10H2,1H3,(H,20,21,22). The predicted molar refractivity (Wildman–Crippen MR) is 95.7 cm³/mol. The Balaban J connectivity index is 1.61. The first kappa shape index (κ1) is 16.4. The van der Waals surface area contributed by atoms with E-state index in [1.807, 2.05) is 25.1 Å². The molecule has 0 saturated heterocycles. The van der Waals surface area contributed by atoms with E-state index in [1.54, 1.807) is 30.5 Å². The van der Waals surface area contributed by atoms with Crippen LogP contribution in [0.2, 0.25) is 5.02 Å². The number of nitrogens with zero attached hydrogens (tertiary/aromatic N) is 2. The van der Waals surface area contributed by atoms with Gasteiger partial charge in [0, 0.05) is 11.2 Å². The molecule has 2 heterocycles. The summed E-state index contributed by atoms with van der Waals surface area (Å²) in [5.74, 6) is 0.310. The number of aromatic nitrogens is 2. The van der Waals surface area contributed by atoms with Crippen molar-refractivity contribution in [1.29, 1.82) is 0 Å². The minimum atomic E-state index is -0.272. The van der Waals surface area contributed by atoms with E-state index in [1.165, 1.54) is 11.3 Å². The van der Waals surface area contributed by atoms with Crippen LogP contribution in [0, 0.1) is 6.92 Å². The maximum Gasteiger partial charge on any atom is 0.264 e. The number of benzene rings is 1. The zero-order valence-corrected chi connectivity index (χ0v) is 14.4. The van der Waals surface area contributed by atoms with Gasteiger partial charge in [0.25, 0.3) is 5.91 Å². The second-order valence-corrected chi connectivity index (χ2v) is 6.37. The number of halogens is 1. The first-order chi connectivity index (χ1) is 11.6. The van der Waals surface area contributed by atoms with Crippen LogP contribution in [0.15, 0.2) is 48.7 Å². The number of nitrogens with one attached hydrogen (secondary N) is 1. The lowest BCUT2D eigenvalue weighted by molar-refractivity contribution is -0.118. The van der Waals surface area contributed by atoms with Gasteiger partial charge >= 0.3 is 0 Å². The maximum atomic E-state index is 12.0. The molecule has 24 heavy (non-hydrogen) atoms. The number of carbonyl (C=O) groups is 1. The van der Waals surface area contributed by atoms with Crippen LogP contribution in [0.3, 0.4) is 0 Å². The largest absolute Gasteiger partial charge is 0.484 e. The molecule has 0 unspecified atom stereocenters. The van der Waals surface area contributed by atoms with Crippen molar-refractivity contribution in [3.05, 3.63) is 59.4 Å². The first-order valence-electron chi connectivity index (χ1n) is 7.19. The van der Waals surface area contributed by atoms with Gasteiger partial charge in [0.15, 0.2) is 11.7 Å². The Morgan fingerprint density at radius 2 is 2.04 bits per heavy atom. The van der Waals surface area contributed by atoms with Gasteiger partial charge < -0.3 is 4.74 Å². The number of ether oxygens (including phenoxy) is 1. The Morgan fingerprint density at radius 1 is 1.25 bits per heavy atom. The summed E-state index contributed by atoms with van der Waals surface area (Å²) in [5.41, 5.74) is 1.66. The molecule has 3 rings (SSSR count). The summed E-state index contributed by atoms with van der Waals surface area (Å²) in [4.78, 5) is 21.6. The Kier molecular flexibility index (Phi) is 5.08. The van der Waals surface area contributed by atoms with E-state index in [0.717, 1.165) is 16.3 Å². The molecule has 1 amide bonds. The fourth-order valence-corrected chi connectivity index (χ4v) is 3.11. The molecule has 3 aromatic rings. The van der Waals surface area contributed by atoms with E-state index in [9.17, 15) is 4.79 Å². The van der Waals surface area contributed by atoms with Gasteiger partial charge in [-0.05, 0) is 43.3 Å². The van der Waals surface area contributed by atoms with Gasteiger partial charge in [-0.3, -0.25) is 15.1 Å². The quantitative estimate of drug-likeness (QED) is 0.742. The van der Waals surface area contributed by atoms with Crippen molar-refractivity contribution in [2.24, 2.45) is 0 Å². The van der Waals surface area contributed by atoms with Gasteiger partial charge in [-0.15, -0.1) is 0 Å². The molecule has 1 aromatic carbocycles. The van der Waals surface area contributed by atoms with E-state index in [2.05, 4.69) is 15.3 Å². The topological polar surface area (TPSA) is 64.1 Å². The fourth-order valence-electron chi connectivity index (χ4n) is 2.02. The fraction of sp³-hybridized carbons (Fsp3) is 0.118. The minimum Gasteiger partial charge on any atom is -0.484 e. The molecular weight excluding hydrogens is 346 g/mol. The second-order valence-electron chi connectivity index (χ2n) is 4.94. The SMILES string of the molecule is Cc1nc(NC(=O)COc2ccc(Cl)cc2)sc1-c1ccccn1. The number of amides is 1. The summed E-state index contributed by atoms with van der Waals surface area (Å²) in [6, 6.07) is 12.5. The van der Waals surface area contributed by atoms with Gasteiger partial charge in [0.2, 0.25) is 0 Å². The number of aryl methyl sites for hydroxylation is 1. The van der Waals surface area contributed by atoms with Gasteiger partial charge in [0.1, 0.15) is 5.75 Å². The highest BCUT2D eigenvalue weighted by atomic mass is 35.5. The van der Waals surface area contributed by atoms with E-state index >= 15 is 0 Å². The third kappa shape index (κ3) is 4.10. The molecular formula is C17H14ClN3O2S. The smallest absolute Gasteiger partial charge is 0.264 e. The molecule has 0 aliphatic heterocycles. The molecule has 7 heteroatoms. The summed E-state index contributed by atoms with van der Waals surface area (Å²) in [6.45, 7) is 1.79. The molecule has 0 atom stereocenters. The number of hydrogen-bond donors (Lipinski definition) is 1. The van der Waals surface area contributed by atoms with Crippen LogP contribution in [-0.4, -0.2) is 22.5 Å². The summed E-state index contributed by atoms with van der Waals surface area (Å²) in [5, 5.41) is 3.89. The molecule has 0 saturated carbocycles. The molecule has 1 N–H and O–H groups in total. The summed E-state index contributed by atoms with van der Waals surface area (Å²) >= 11 is 7.19. The van der Waals surface area contributed by atoms with E-state index in [-0.39, 0.29) is 12.5 Å². The van der Waals surface area contributed by atoms with E-state index in [4.69, 9.17) is 16.3 Å². The van der Waals surface area contributed by atoms with E-state index in [0.29, 0.717) is 15.9 Å². The van der Waals surface area contributed by atoms with Crippen LogP contribution in [0.1, 0.15) is 5.69 Å². The zero-order valence-electron chi connectivity index (χ0n) is 12.8. The molecule has 0 spiro atoms. The molecule has 2 aromatic heterocycles. The number of pyridine rings is 1.